The Labute approximate surface area is 142 Å². The lowest BCUT2D eigenvalue weighted by molar-refractivity contribution is 0.198. The van der Waals surface area contributed by atoms with Gasteiger partial charge in [-0.1, -0.05) is 18.2 Å². The average Bonchev–Trinajstić information content (AvgIpc) is 2.68. The van der Waals surface area contributed by atoms with Crippen LogP contribution in [0.15, 0.2) is 55.0 Å². The molecule has 0 aliphatic carbocycles. The van der Waals surface area contributed by atoms with Crippen LogP contribution < -0.4 is 4.90 Å². The topological polar surface area (TPSA) is 45.2 Å². The van der Waals surface area contributed by atoms with Crippen molar-refractivity contribution in [1.82, 2.24) is 19.9 Å². The van der Waals surface area contributed by atoms with Crippen LogP contribution in [0.3, 0.4) is 0 Å². The van der Waals surface area contributed by atoms with Crippen LogP contribution in [0.2, 0.25) is 0 Å². The van der Waals surface area contributed by atoms with E-state index in [9.17, 15) is 0 Å². The Kier molecular flexibility index (Phi) is 4.09. The Balaban J connectivity index is 1.46. The first kappa shape index (κ1) is 15.0. The molecule has 1 aromatic carbocycles. The highest BCUT2D eigenvalue weighted by Gasteiger charge is 2.23. The number of aromatic nitrogens is 3. The number of nitrogens with zero attached hydrogens (tertiary/aromatic N) is 5. The zero-order valence-electron chi connectivity index (χ0n) is 13.8. The fourth-order valence-corrected chi connectivity index (χ4v) is 3.32. The molecule has 0 bridgehead atoms. The molecule has 2 aromatic heterocycles. The molecule has 24 heavy (non-hydrogen) atoms. The lowest BCUT2D eigenvalue weighted by atomic mass is 10.0. The van der Waals surface area contributed by atoms with Gasteiger partial charge in [0.1, 0.15) is 0 Å². The second kappa shape index (κ2) is 6.53. The molecule has 5 nitrogen and oxygen atoms in total. The molecule has 1 aliphatic heterocycles. The lowest BCUT2D eigenvalue weighted by Crippen LogP contribution is -2.47. The molecule has 0 radical (unpaired) electrons. The zero-order valence-corrected chi connectivity index (χ0v) is 13.8. The third-order valence-corrected chi connectivity index (χ3v) is 4.81. The third kappa shape index (κ3) is 2.95. The number of fused-ring (bicyclic) bond motifs is 1. The van der Waals surface area contributed by atoms with E-state index in [0.29, 0.717) is 6.04 Å². The molecule has 0 amide bonds. The first-order chi connectivity index (χ1) is 11.8. The molecule has 1 fully saturated rings. The van der Waals surface area contributed by atoms with Gasteiger partial charge in [-0.05, 0) is 30.7 Å². The zero-order chi connectivity index (χ0) is 16.4. The summed E-state index contributed by atoms with van der Waals surface area (Å²) in [5.41, 5.74) is 2.39. The summed E-state index contributed by atoms with van der Waals surface area (Å²) >= 11 is 0. The van der Waals surface area contributed by atoms with Gasteiger partial charge in [0.15, 0.2) is 0 Å². The number of hydrogen-bond donors (Lipinski definition) is 0. The Hall–Kier alpha value is -2.53. The summed E-state index contributed by atoms with van der Waals surface area (Å²) in [6.07, 6.45) is 5.47. The van der Waals surface area contributed by atoms with Crippen molar-refractivity contribution in [3.05, 3.63) is 60.6 Å². The van der Waals surface area contributed by atoms with Crippen LogP contribution in [0.4, 0.5) is 5.95 Å². The number of pyridine rings is 1. The second-order valence-corrected chi connectivity index (χ2v) is 6.20. The molecule has 1 atom stereocenters. The highest BCUT2D eigenvalue weighted by Crippen LogP contribution is 2.25. The van der Waals surface area contributed by atoms with Crippen LogP contribution in [0.5, 0.6) is 0 Å². The predicted molar refractivity (Wildman–Crippen MR) is 96.0 cm³/mol. The molecule has 122 valence electrons. The maximum atomic E-state index is 4.48. The summed E-state index contributed by atoms with van der Waals surface area (Å²) in [7, 11) is 0. The standard InChI is InChI=1S/C19H21N5/c1-15(17-6-5-16-4-2-7-20-18(16)14-17)23-10-12-24(13-11-23)19-21-8-3-9-22-19/h2-9,14-15H,10-13H2,1H3/t15-/m0/s1. The van der Waals surface area contributed by atoms with E-state index in [0.717, 1.165) is 37.6 Å². The number of anilines is 1. The third-order valence-electron chi connectivity index (χ3n) is 4.81. The van der Waals surface area contributed by atoms with Gasteiger partial charge >= 0.3 is 0 Å². The van der Waals surface area contributed by atoms with Gasteiger partial charge in [0, 0.05) is 56.2 Å². The SMILES string of the molecule is C[C@@H](c1ccc2cccnc2c1)N1CCN(c2ncccn2)CC1. The highest BCUT2D eigenvalue weighted by atomic mass is 15.3. The smallest absolute Gasteiger partial charge is 0.225 e. The van der Waals surface area contributed by atoms with Crippen molar-refractivity contribution >= 4 is 16.9 Å². The Bertz CT molecular complexity index is 812. The van der Waals surface area contributed by atoms with Gasteiger partial charge in [0.05, 0.1) is 5.52 Å². The van der Waals surface area contributed by atoms with Gasteiger partial charge in [-0.3, -0.25) is 9.88 Å². The summed E-state index contributed by atoms with van der Waals surface area (Å²) < 4.78 is 0. The largest absolute Gasteiger partial charge is 0.338 e. The second-order valence-electron chi connectivity index (χ2n) is 6.20. The van der Waals surface area contributed by atoms with Gasteiger partial charge in [-0.2, -0.15) is 0 Å². The number of benzene rings is 1. The van der Waals surface area contributed by atoms with E-state index < -0.39 is 0 Å². The predicted octanol–water partition coefficient (Wildman–Crippen LogP) is 2.91. The van der Waals surface area contributed by atoms with Gasteiger partial charge in [0.2, 0.25) is 5.95 Å². The van der Waals surface area contributed by atoms with Crippen LogP contribution in [-0.4, -0.2) is 46.0 Å². The van der Waals surface area contributed by atoms with E-state index in [1.54, 1.807) is 12.4 Å². The molecule has 0 N–H and O–H groups in total. The fourth-order valence-electron chi connectivity index (χ4n) is 3.32. The van der Waals surface area contributed by atoms with Crippen molar-refractivity contribution in [2.45, 2.75) is 13.0 Å². The number of hydrogen-bond acceptors (Lipinski definition) is 5. The molecular weight excluding hydrogens is 298 g/mol. The van der Waals surface area contributed by atoms with E-state index in [4.69, 9.17) is 0 Å². The molecular formula is C19H21N5. The molecule has 3 heterocycles. The van der Waals surface area contributed by atoms with Crippen LogP contribution >= 0.6 is 0 Å². The van der Waals surface area contributed by atoms with E-state index in [1.165, 1.54) is 10.9 Å². The first-order valence-electron chi connectivity index (χ1n) is 8.42. The van der Waals surface area contributed by atoms with Crippen molar-refractivity contribution in [1.29, 1.82) is 0 Å². The molecule has 4 rings (SSSR count). The maximum absolute atomic E-state index is 4.48. The van der Waals surface area contributed by atoms with Crippen LogP contribution in [-0.2, 0) is 0 Å². The highest BCUT2D eigenvalue weighted by molar-refractivity contribution is 5.78. The molecule has 5 heteroatoms. The molecule has 1 aliphatic rings. The number of rotatable bonds is 3. The van der Waals surface area contributed by atoms with Crippen molar-refractivity contribution in [3.63, 3.8) is 0 Å². The van der Waals surface area contributed by atoms with Crippen molar-refractivity contribution in [3.8, 4) is 0 Å². The summed E-state index contributed by atoms with van der Waals surface area (Å²) in [5, 5.41) is 1.19. The Morgan fingerprint density at radius 1 is 0.875 bits per heavy atom. The van der Waals surface area contributed by atoms with Crippen molar-refractivity contribution in [2.24, 2.45) is 0 Å². The minimum atomic E-state index is 0.384. The van der Waals surface area contributed by atoms with Crippen LogP contribution in [0.1, 0.15) is 18.5 Å². The van der Waals surface area contributed by atoms with Crippen LogP contribution in [0, 0.1) is 0 Å². The minimum Gasteiger partial charge on any atom is -0.338 e. The quantitative estimate of drug-likeness (QED) is 0.743. The first-order valence-corrected chi connectivity index (χ1v) is 8.42. The summed E-state index contributed by atoms with van der Waals surface area (Å²) in [4.78, 5) is 18.0. The molecule has 0 unspecified atom stereocenters. The summed E-state index contributed by atoms with van der Waals surface area (Å²) in [6.45, 7) is 6.22. The Morgan fingerprint density at radius 3 is 2.42 bits per heavy atom. The monoisotopic (exact) mass is 319 g/mol. The van der Waals surface area contributed by atoms with E-state index in [1.807, 2.05) is 18.3 Å². The van der Waals surface area contributed by atoms with E-state index in [2.05, 4.69) is 55.9 Å². The minimum absolute atomic E-state index is 0.384. The fraction of sp³-hybridized carbons (Fsp3) is 0.316. The van der Waals surface area contributed by atoms with E-state index >= 15 is 0 Å². The Morgan fingerprint density at radius 2 is 1.62 bits per heavy atom. The van der Waals surface area contributed by atoms with Crippen molar-refractivity contribution < 1.29 is 0 Å². The van der Waals surface area contributed by atoms with Crippen LogP contribution in [0.25, 0.3) is 10.9 Å². The summed E-state index contributed by atoms with van der Waals surface area (Å²) in [6, 6.07) is 12.9. The molecule has 0 saturated carbocycles. The normalized spacial score (nSPS) is 17.1. The molecule has 0 spiro atoms. The number of piperazine rings is 1. The van der Waals surface area contributed by atoms with Gasteiger partial charge in [-0.15, -0.1) is 0 Å². The molecule has 1 saturated heterocycles. The average molecular weight is 319 g/mol. The molecule has 3 aromatic rings. The van der Waals surface area contributed by atoms with Gasteiger partial charge in [-0.25, -0.2) is 9.97 Å². The van der Waals surface area contributed by atoms with Gasteiger partial charge in [0.25, 0.3) is 0 Å². The van der Waals surface area contributed by atoms with E-state index in [-0.39, 0.29) is 0 Å². The van der Waals surface area contributed by atoms with Crippen molar-refractivity contribution in [2.75, 3.05) is 31.1 Å². The summed E-state index contributed by atoms with van der Waals surface area (Å²) in [5.74, 6) is 0.833. The maximum Gasteiger partial charge on any atom is 0.225 e. The lowest BCUT2D eigenvalue weighted by Gasteiger charge is -2.38. The van der Waals surface area contributed by atoms with Gasteiger partial charge < -0.3 is 4.90 Å².